The predicted molar refractivity (Wildman–Crippen MR) is 121 cm³/mol. The van der Waals surface area contributed by atoms with Gasteiger partial charge in [0.25, 0.3) is 0 Å². The lowest BCUT2D eigenvalue weighted by Gasteiger charge is -2.38. The lowest BCUT2D eigenvalue weighted by molar-refractivity contribution is 0.103. The van der Waals surface area contributed by atoms with E-state index in [-0.39, 0.29) is 5.78 Å². The summed E-state index contributed by atoms with van der Waals surface area (Å²) in [6.45, 7) is 9.52. The van der Waals surface area contributed by atoms with Crippen LogP contribution in [0, 0.1) is 11.8 Å². The molecule has 2 fully saturated rings. The molecule has 0 N–H and O–H groups in total. The molecule has 6 heteroatoms. The van der Waals surface area contributed by atoms with Gasteiger partial charge in [-0.15, -0.1) is 0 Å². The Labute approximate surface area is 181 Å². The third kappa shape index (κ3) is 2.88. The summed E-state index contributed by atoms with van der Waals surface area (Å²) in [4.78, 5) is 18.4. The Morgan fingerprint density at radius 2 is 1.68 bits per heavy atom. The monoisotopic (exact) mass is 417 g/mol. The van der Waals surface area contributed by atoms with Gasteiger partial charge in [0.15, 0.2) is 11.5 Å². The minimum atomic E-state index is 0.0599. The first kappa shape index (κ1) is 18.9. The summed E-state index contributed by atoms with van der Waals surface area (Å²) < 4.78 is 11.5. The predicted octanol–water partition coefficient (Wildman–Crippen LogP) is 4.36. The molecule has 0 saturated carbocycles. The van der Waals surface area contributed by atoms with Crippen LogP contribution in [0.25, 0.3) is 22.2 Å². The normalized spacial score (nSPS) is 23.4. The summed E-state index contributed by atoms with van der Waals surface area (Å²) in [6.07, 6.45) is 1.24. The minimum absolute atomic E-state index is 0.0599. The van der Waals surface area contributed by atoms with Crippen molar-refractivity contribution in [1.29, 1.82) is 0 Å². The number of piperidine rings is 1. The van der Waals surface area contributed by atoms with Crippen LogP contribution in [0.15, 0.2) is 34.9 Å². The molecule has 2 aliphatic heterocycles. The smallest absolute Gasteiger partial charge is 0.196 e. The number of aromatic nitrogens is 1. The average Bonchev–Trinajstić information content (AvgIpc) is 3.22. The van der Waals surface area contributed by atoms with Crippen molar-refractivity contribution in [2.75, 3.05) is 49.2 Å². The summed E-state index contributed by atoms with van der Waals surface area (Å²) in [5.41, 5.74) is 5.14. The Balaban J connectivity index is 1.62. The molecule has 3 aliphatic rings. The number of ketones is 1. The molecular weight excluding hydrogens is 390 g/mol. The highest BCUT2D eigenvalue weighted by molar-refractivity contribution is 6.28. The number of nitrogens with zero attached hydrogens (tertiary/aromatic N) is 3. The fourth-order valence-electron chi connectivity index (χ4n) is 5.68. The van der Waals surface area contributed by atoms with E-state index in [1.54, 1.807) is 0 Å². The van der Waals surface area contributed by atoms with Gasteiger partial charge in [-0.2, -0.15) is 0 Å². The SMILES string of the molecule is C[C@@H]1C[C@@H](C)CN(c2cc(N3CCOCC3)c3c4c(onc24)-c2ccccc2C3=O)C1. The number of carbonyl (C=O) groups is 1. The average molecular weight is 418 g/mol. The third-order valence-corrected chi connectivity index (χ3v) is 6.92. The molecule has 160 valence electrons. The number of hydrogen-bond donors (Lipinski definition) is 0. The van der Waals surface area contributed by atoms with Crippen molar-refractivity contribution in [2.45, 2.75) is 20.3 Å². The standard InChI is InChI=1S/C25H27N3O3/c1-15-11-16(2)14-28(13-15)20-12-19(27-7-9-30-10-8-27)21-22-23(20)26-31-25(22)18-6-4-3-5-17(18)24(21)29/h3-6,12,15-16H,7-11,13-14H2,1-2H3/t15-,16-/m1/s1. The molecule has 0 bridgehead atoms. The first-order valence-corrected chi connectivity index (χ1v) is 11.3. The zero-order chi connectivity index (χ0) is 21.1. The summed E-state index contributed by atoms with van der Waals surface area (Å²) >= 11 is 0. The number of benzene rings is 2. The van der Waals surface area contributed by atoms with Gasteiger partial charge in [0.2, 0.25) is 0 Å². The maximum absolute atomic E-state index is 13.7. The molecule has 2 aromatic carbocycles. The van der Waals surface area contributed by atoms with Crippen molar-refractivity contribution in [2.24, 2.45) is 11.8 Å². The van der Waals surface area contributed by atoms with Crippen LogP contribution in [-0.2, 0) is 4.74 Å². The maximum Gasteiger partial charge on any atom is 0.196 e. The summed E-state index contributed by atoms with van der Waals surface area (Å²) in [6, 6.07) is 9.90. The molecule has 0 amide bonds. The van der Waals surface area contributed by atoms with E-state index >= 15 is 0 Å². The van der Waals surface area contributed by atoms with Crippen LogP contribution in [-0.4, -0.2) is 50.3 Å². The summed E-state index contributed by atoms with van der Waals surface area (Å²) in [5, 5.41) is 5.39. The van der Waals surface area contributed by atoms with Gasteiger partial charge in [-0.1, -0.05) is 43.3 Å². The molecular formula is C25H27N3O3. The Hall–Kier alpha value is -2.86. The first-order chi connectivity index (χ1) is 15.1. The van der Waals surface area contributed by atoms with Crippen LogP contribution in [0.4, 0.5) is 11.4 Å². The van der Waals surface area contributed by atoms with Gasteiger partial charge >= 0.3 is 0 Å². The van der Waals surface area contributed by atoms with E-state index in [2.05, 4.69) is 34.9 Å². The van der Waals surface area contributed by atoms with E-state index in [1.807, 2.05) is 24.3 Å². The van der Waals surface area contributed by atoms with Crippen molar-refractivity contribution in [3.63, 3.8) is 0 Å². The second-order valence-electron chi connectivity index (χ2n) is 9.35. The van der Waals surface area contributed by atoms with E-state index in [4.69, 9.17) is 9.26 Å². The van der Waals surface area contributed by atoms with Crippen LogP contribution >= 0.6 is 0 Å². The fourth-order valence-corrected chi connectivity index (χ4v) is 5.68. The minimum Gasteiger partial charge on any atom is -0.378 e. The third-order valence-electron chi connectivity index (χ3n) is 6.92. The first-order valence-electron chi connectivity index (χ1n) is 11.3. The lowest BCUT2D eigenvalue weighted by Crippen LogP contribution is -2.40. The van der Waals surface area contributed by atoms with Gasteiger partial charge in [0, 0.05) is 37.3 Å². The number of hydrogen-bond acceptors (Lipinski definition) is 6. The fraction of sp³-hybridized carbons (Fsp3) is 0.440. The molecule has 3 aromatic rings. The van der Waals surface area contributed by atoms with Crippen molar-refractivity contribution in [1.82, 2.24) is 5.16 Å². The highest BCUT2D eigenvalue weighted by Gasteiger charge is 2.36. The zero-order valence-corrected chi connectivity index (χ0v) is 18.1. The van der Waals surface area contributed by atoms with Gasteiger partial charge in [-0.25, -0.2) is 0 Å². The van der Waals surface area contributed by atoms with Crippen molar-refractivity contribution < 1.29 is 14.1 Å². The number of rotatable bonds is 2. The second kappa shape index (κ2) is 7.09. The van der Waals surface area contributed by atoms with Crippen molar-refractivity contribution in [3.05, 3.63) is 41.5 Å². The van der Waals surface area contributed by atoms with Crippen molar-refractivity contribution in [3.8, 4) is 11.3 Å². The molecule has 6 rings (SSSR count). The van der Waals surface area contributed by atoms with Crippen LogP contribution in [0.5, 0.6) is 0 Å². The molecule has 2 saturated heterocycles. The van der Waals surface area contributed by atoms with Crippen LogP contribution in [0.3, 0.4) is 0 Å². The summed E-state index contributed by atoms with van der Waals surface area (Å²) in [5.74, 6) is 2.01. The number of carbonyl (C=O) groups excluding carboxylic acids is 1. The molecule has 1 aliphatic carbocycles. The molecule has 0 radical (unpaired) electrons. The van der Waals surface area contributed by atoms with Crippen LogP contribution in [0.2, 0.25) is 0 Å². The molecule has 1 aromatic heterocycles. The van der Waals surface area contributed by atoms with Gasteiger partial charge in [-0.3, -0.25) is 4.79 Å². The molecule has 2 atom stereocenters. The van der Waals surface area contributed by atoms with Gasteiger partial charge in [0.1, 0.15) is 5.52 Å². The van der Waals surface area contributed by atoms with Crippen LogP contribution < -0.4 is 9.80 Å². The zero-order valence-electron chi connectivity index (χ0n) is 18.1. The largest absolute Gasteiger partial charge is 0.378 e. The van der Waals surface area contributed by atoms with Crippen molar-refractivity contribution >= 4 is 28.1 Å². The molecule has 0 spiro atoms. The quantitative estimate of drug-likeness (QED) is 0.483. The Morgan fingerprint density at radius 1 is 0.968 bits per heavy atom. The molecule has 0 unspecified atom stereocenters. The van der Waals surface area contributed by atoms with E-state index in [1.165, 1.54) is 6.42 Å². The lowest BCUT2D eigenvalue weighted by atomic mass is 9.85. The molecule has 31 heavy (non-hydrogen) atoms. The second-order valence-corrected chi connectivity index (χ2v) is 9.35. The highest BCUT2D eigenvalue weighted by Crippen LogP contribution is 2.47. The maximum atomic E-state index is 13.7. The number of ether oxygens (including phenoxy) is 1. The van der Waals surface area contributed by atoms with Gasteiger partial charge in [0.05, 0.1) is 35.5 Å². The van der Waals surface area contributed by atoms with E-state index in [0.29, 0.717) is 30.6 Å². The molecule has 6 nitrogen and oxygen atoms in total. The number of morpholine rings is 1. The van der Waals surface area contributed by atoms with E-state index in [9.17, 15) is 4.79 Å². The Kier molecular flexibility index (Phi) is 4.32. The Bertz CT molecular complexity index is 1170. The van der Waals surface area contributed by atoms with Gasteiger partial charge in [-0.05, 0) is 24.3 Å². The van der Waals surface area contributed by atoms with E-state index < -0.39 is 0 Å². The number of anilines is 2. The highest BCUT2D eigenvalue weighted by atomic mass is 16.5. The van der Waals surface area contributed by atoms with Gasteiger partial charge < -0.3 is 19.1 Å². The van der Waals surface area contributed by atoms with E-state index in [0.717, 1.165) is 65.3 Å². The summed E-state index contributed by atoms with van der Waals surface area (Å²) in [7, 11) is 0. The number of fused-ring (bicyclic) bond motifs is 2. The topological polar surface area (TPSA) is 58.8 Å². The Morgan fingerprint density at radius 3 is 2.42 bits per heavy atom. The molecule has 3 heterocycles. The van der Waals surface area contributed by atoms with Crippen LogP contribution in [0.1, 0.15) is 36.2 Å².